The summed E-state index contributed by atoms with van der Waals surface area (Å²) in [5.41, 5.74) is 0.434. The number of piperazine rings is 1. The van der Waals surface area contributed by atoms with Crippen LogP contribution in [-0.4, -0.2) is 77.1 Å². The molecule has 0 aliphatic carbocycles. The molecule has 1 N–H and O–H groups in total. The quantitative estimate of drug-likeness (QED) is 0.665. The maximum Gasteiger partial charge on any atom is 0.408 e. The number of nitrogens with zero attached hydrogens (tertiary/aromatic N) is 5. The molecule has 10 nitrogen and oxygen atoms in total. The van der Waals surface area contributed by atoms with Gasteiger partial charge in [-0.3, -0.25) is 14.5 Å². The van der Waals surface area contributed by atoms with E-state index in [-0.39, 0.29) is 30.3 Å². The number of amides is 3. The molecular formula is C26H32N6O4. The van der Waals surface area contributed by atoms with Crippen molar-refractivity contribution in [1.29, 1.82) is 10.5 Å². The summed E-state index contributed by atoms with van der Waals surface area (Å²) in [6.45, 7) is 8.33. The van der Waals surface area contributed by atoms with Crippen LogP contribution < -0.4 is 10.2 Å². The lowest BCUT2D eigenvalue weighted by Crippen LogP contribution is -2.59. The van der Waals surface area contributed by atoms with E-state index in [1.807, 2.05) is 17.9 Å². The van der Waals surface area contributed by atoms with Crippen LogP contribution in [0.3, 0.4) is 0 Å². The van der Waals surface area contributed by atoms with Gasteiger partial charge in [0.15, 0.2) is 0 Å². The molecule has 1 aromatic carbocycles. The fraction of sp³-hybridized carbons (Fsp3) is 0.577. The van der Waals surface area contributed by atoms with Crippen LogP contribution in [0.5, 0.6) is 0 Å². The van der Waals surface area contributed by atoms with Crippen molar-refractivity contribution in [3.8, 4) is 12.1 Å². The molecule has 0 radical (unpaired) electrons. The standard InChI is InChI=1S/C26H32N6O4/c1-16-8-19(12-28)31(13-16)23(33)21(29-25(35)36-26(2,3)4)15-30-14-20-10-22(30)24(34)32(20)18-7-5-6-17(9-18)11-27/h5-7,9,16,19-22H,8,10,13-15H2,1-4H3,(H,29,35)/t16?,19?,20-,21?,22?/m0/s1. The van der Waals surface area contributed by atoms with Crippen molar-refractivity contribution in [2.24, 2.45) is 5.92 Å². The fourth-order valence-electron chi connectivity index (χ4n) is 5.41. The number of nitriles is 2. The fourth-order valence-corrected chi connectivity index (χ4v) is 5.41. The van der Waals surface area contributed by atoms with Crippen molar-refractivity contribution in [1.82, 2.24) is 15.1 Å². The molecule has 3 aliphatic heterocycles. The lowest BCUT2D eigenvalue weighted by atomic mass is 10.1. The van der Waals surface area contributed by atoms with Gasteiger partial charge in [-0.15, -0.1) is 0 Å². The first-order chi connectivity index (χ1) is 17.0. The van der Waals surface area contributed by atoms with Crippen LogP contribution >= 0.6 is 0 Å². The van der Waals surface area contributed by atoms with Gasteiger partial charge in [0.05, 0.1) is 29.8 Å². The SMILES string of the molecule is CC1CC(C#N)N(C(=O)C(CN2C[C@@H]3CC2C(=O)N3c2cccc(C#N)c2)NC(=O)OC(C)(C)C)C1. The Morgan fingerprint density at radius 3 is 2.61 bits per heavy atom. The summed E-state index contributed by atoms with van der Waals surface area (Å²) in [7, 11) is 0. The van der Waals surface area contributed by atoms with Crippen molar-refractivity contribution in [2.45, 2.75) is 70.3 Å². The Hall–Kier alpha value is -3.63. The highest BCUT2D eigenvalue weighted by Crippen LogP contribution is 2.36. The van der Waals surface area contributed by atoms with E-state index >= 15 is 0 Å². The summed E-state index contributed by atoms with van der Waals surface area (Å²) in [5.74, 6) is -0.247. The molecule has 3 saturated heterocycles. The molecule has 0 spiro atoms. The average Bonchev–Trinajstić information content (AvgIpc) is 3.49. The van der Waals surface area contributed by atoms with Crippen molar-refractivity contribution in [3.05, 3.63) is 29.8 Å². The van der Waals surface area contributed by atoms with Crippen molar-refractivity contribution < 1.29 is 19.1 Å². The average molecular weight is 493 g/mol. The Labute approximate surface area is 211 Å². The zero-order chi connectivity index (χ0) is 26.2. The van der Waals surface area contributed by atoms with Gasteiger partial charge in [-0.2, -0.15) is 10.5 Å². The number of ether oxygens (including phenoxy) is 1. The third kappa shape index (κ3) is 5.14. The van der Waals surface area contributed by atoms with Crippen molar-refractivity contribution >= 4 is 23.6 Å². The van der Waals surface area contributed by atoms with Crippen LogP contribution in [0.15, 0.2) is 24.3 Å². The minimum Gasteiger partial charge on any atom is -0.444 e. The summed E-state index contributed by atoms with van der Waals surface area (Å²) in [6, 6.07) is 9.25. The highest BCUT2D eigenvalue weighted by Gasteiger charge is 2.51. The van der Waals surface area contributed by atoms with Gasteiger partial charge < -0.3 is 19.9 Å². The van der Waals surface area contributed by atoms with E-state index in [1.54, 1.807) is 43.9 Å². The first-order valence-electron chi connectivity index (χ1n) is 12.3. The molecule has 36 heavy (non-hydrogen) atoms. The van der Waals surface area contributed by atoms with Crippen LogP contribution in [0.1, 0.15) is 46.1 Å². The summed E-state index contributed by atoms with van der Waals surface area (Å²) in [5, 5.41) is 21.5. The molecule has 5 atom stereocenters. The van der Waals surface area contributed by atoms with Gasteiger partial charge >= 0.3 is 6.09 Å². The minimum absolute atomic E-state index is 0.0884. The van der Waals surface area contributed by atoms with E-state index in [0.29, 0.717) is 37.2 Å². The molecular weight excluding hydrogens is 460 g/mol. The number of alkyl carbamates (subject to hydrolysis) is 1. The Morgan fingerprint density at radius 1 is 1.22 bits per heavy atom. The monoisotopic (exact) mass is 492 g/mol. The molecule has 1 aromatic rings. The number of hydrogen-bond acceptors (Lipinski definition) is 7. The molecule has 190 valence electrons. The predicted octanol–water partition coefficient (Wildman–Crippen LogP) is 2.00. The highest BCUT2D eigenvalue weighted by molar-refractivity contribution is 6.01. The van der Waals surface area contributed by atoms with Gasteiger partial charge in [-0.05, 0) is 57.7 Å². The molecule has 0 aromatic heterocycles. The normalized spacial score (nSPS) is 26.4. The van der Waals surface area contributed by atoms with E-state index < -0.39 is 29.8 Å². The molecule has 0 saturated carbocycles. The summed E-state index contributed by atoms with van der Waals surface area (Å²) in [6.07, 6.45) is 0.475. The highest BCUT2D eigenvalue weighted by atomic mass is 16.6. The number of benzene rings is 1. The summed E-state index contributed by atoms with van der Waals surface area (Å²) < 4.78 is 5.39. The number of carbonyl (C=O) groups is 3. The predicted molar refractivity (Wildman–Crippen MR) is 130 cm³/mol. The van der Waals surface area contributed by atoms with Gasteiger partial charge in [0.25, 0.3) is 0 Å². The molecule has 3 aliphatic rings. The Bertz CT molecular complexity index is 1130. The second-order valence-corrected chi connectivity index (χ2v) is 10.9. The summed E-state index contributed by atoms with van der Waals surface area (Å²) >= 11 is 0. The first-order valence-corrected chi connectivity index (χ1v) is 12.3. The number of anilines is 1. The van der Waals surface area contributed by atoms with Crippen LogP contribution in [0.2, 0.25) is 0 Å². The maximum atomic E-state index is 13.5. The Kier molecular flexibility index (Phi) is 6.92. The number of carbonyl (C=O) groups excluding carboxylic acids is 3. The van der Waals surface area contributed by atoms with E-state index in [1.165, 1.54) is 4.90 Å². The van der Waals surface area contributed by atoms with Crippen molar-refractivity contribution in [3.63, 3.8) is 0 Å². The van der Waals surface area contributed by atoms with Crippen molar-refractivity contribution in [2.75, 3.05) is 24.5 Å². The number of rotatable bonds is 5. The smallest absolute Gasteiger partial charge is 0.408 e. The molecule has 10 heteroatoms. The zero-order valence-corrected chi connectivity index (χ0v) is 21.1. The number of nitrogens with one attached hydrogen (secondary N) is 1. The zero-order valence-electron chi connectivity index (χ0n) is 21.1. The summed E-state index contributed by atoms with van der Waals surface area (Å²) in [4.78, 5) is 44.6. The van der Waals surface area contributed by atoms with Gasteiger partial charge in [-0.1, -0.05) is 13.0 Å². The first kappa shape index (κ1) is 25.5. The third-order valence-electron chi connectivity index (χ3n) is 6.87. The second-order valence-electron chi connectivity index (χ2n) is 10.9. The van der Waals surface area contributed by atoms with Gasteiger partial charge in [0.2, 0.25) is 11.8 Å². The van der Waals surface area contributed by atoms with Crippen LogP contribution in [0.25, 0.3) is 0 Å². The molecule has 2 bridgehead atoms. The van der Waals surface area contributed by atoms with Crippen LogP contribution in [-0.2, 0) is 14.3 Å². The van der Waals surface area contributed by atoms with E-state index in [0.717, 1.165) is 0 Å². The topological polar surface area (TPSA) is 130 Å². The van der Waals surface area contributed by atoms with Gasteiger partial charge in [-0.25, -0.2) is 4.79 Å². The number of likely N-dealkylation sites (tertiary alicyclic amines) is 2. The van der Waals surface area contributed by atoms with Gasteiger partial charge in [0.1, 0.15) is 17.7 Å². The Morgan fingerprint density at radius 2 is 1.97 bits per heavy atom. The van der Waals surface area contributed by atoms with E-state index in [2.05, 4.69) is 17.5 Å². The molecule has 4 unspecified atom stereocenters. The Balaban J connectivity index is 1.51. The van der Waals surface area contributed by atoms with E-state index in [9.17, 15) is 24.9 Å². The van der Waals surface area contributed by atoms with Crippen LogP contribution in [0, 0.1) is 28.6 Å². The molecule has 3 amide bonds. The molecule has 3 heterocycles. The third-order valence-corrected chi connectivity index (χ3v) is 6.87. The van der Waals surface area contributed by atoms with Gasteiger partial charge in [0, 0.05) is 25.3 Å². The number of fused-ring (bicyclic) bond motifs is 2. The maximum absolute atomic E-state index is 13.5. The molecule has 3 fully saturated rings. The lowest BCUT2D eigenvalue weighted by molar-refractivity contribution is -0.135. The largest absolute Gasteiger partial charge is 0.444 e. The minimum atomic E-state index is -0.955. The second kappa shape index (κ2) is 9.79. The van der Waals surface area contributed by atoms with Crippen LogP contribution in [0.4, 0.5) is 10.5 Å². The number of hydrogen-bond donors (Lipinski definition) is 1. The molecule has 4 rings (SSSR count). The van der Waals surface area contributed by atoms with E-state index in [4.69, 9.17) is 4.74 Å². The lowest BCUT2D eigenvalue weighted by Gasteiger charge is -2.36.